The number of nitrogens with zero attached hydrogens (tertiary/aromatic N) is 3. The third-order valence-corrected chi connectivity index (χ3v) is 6.20. The van der Waals surface area contributed by atoms with Gasteiger partial charge in [0.1, 0.15) is 0 Å². The molecule has 1 aromatic heterocycles. The Balaban J connectivity index is 1.38. The molecule has 32 heavy (non-hydrogen) atoms. The second-order valence-corrected chi connectivity index (χ2v) is 8.39. The van der Waals surface area contributed by atoms with Crippen molar-refractivity contribution in [3.8, 4) is 0 Å². The highest BCUT2D eigenvalue weighted by Gasteiger charge is 2.24. The number of methoxy groups -OCH3 is 1. The van der Waals surface area contributed by atoms with Crippen LogP contribution in [-0.4, -0.2) is 43.2 Å². The minimum atomic E-state index is -0.465. The molecular weight excluding hydrogens is 448 g/mol. The Bertz CT molecular complexity index is 1150. The molecule has 2 aromatic carbocycles. The van der Waals surface area contributed by atoms with Crippen LogP contribution in [0.3, 0.4) is 0 Å². The van der Waals surface area contributed by atoms with Gasteiger partial charge in [-0.1, -0.05) is 30.5 Å². The SMILES string of the molecule is COC(=O)c1cccc(N(S)C(=O)NC2CCN(c3ccnc4cc(Cl)ccc34)CC2)c1. The summed E-state index contributed by atoms with van der Waals surface area (Å²) < 4.78 is 5.94. The van der Waals surface area contributed by atoms with Gasteiger partial charge in [-0.2, -0.15) is 0 Å². The molecule has 2 amide bonds. The van der Waals surface area contributed by atoms with Crippen LogP contribution in [0.15, 0.2) is 54.7 Å². The van der Waals surface area contributed by atoms with Gasteiger partial charge in [-0.05, 0) is 55.3 Å². The van der Waals surface area contributed by atoms with Gasteiger partial charge in [0.2, 0.25) is 0 Å². The van der Waals surface area contributed by atoms with Crippen LogP contribution in [0.2, 0.25) is 5.02 Å². The fraction of sp³-hybridized carbons (Fsp3) is 0.261. The number of halogens is 1. The highest BCUT2D eigenvalue weighted by molar-refractivity contribution is 7.82. The first-order chi connectivity index (χ1) is 15.5. The second-order valence-electron chi connectivity index (χ2n) is 7.56. The summed E-state index contributed by atoms with van der Waals surface area (Å²) in [5.74, 6) is -0.465. The quantitative estimate of drug-likeness (QED) is 0.427. The number of hydrogen-bond donors (Lipinski definition) is 2. The van der Waals surface area contributed by atoms with E-state index >= 15 is 0 Å². The van der Waals surface area contributed by atoms with Crippen molar-refractivity contribution in [3.63, 3.8) is 0 Å². The van der Waals surface area contributed by atoms with Crippen molar-refractivity contribution in [2.24, 2.45) is 0 Å². The summed E-state index contributed by atoms with van der Waals surface area (Å²) in [6, 6.07) is 14.0. The van der Waals surface area contributed by atoms with Gasteiger partial charge in [0.25, 0.3) is 0 Å². The molecular formula is C23H23ClN4O3S. The fourth-order valence-electron chi connectivity index (χ4n) is 3.88. The van der Waals surface area contributed by atoms with Gasteiger partial charge >= 0.3 is 12.0 Å². The maximum atomic E-state index is 12.7. The number of hydrogen-bond acceptors (Lipinski definition) is 6. The molecule has 0 atom stereocenters. The van der Waals surface area contributed by atoms with Crippen LogP contribution in [0.25, 0.3) is 10.9 Å². The van der Waals surface area contributed by atoms with Crippen molar-refractivity contribution < 1.29 is 14.3 Å². The zero-order valence-electron chi connectivity index (χ0n) is 17.5. The van der Waals surface area contributed by atoms with Crippen LogP contribution >= 0.6 is 24.4 Å². The second kappa shape index (κ2) is 9.67. The van der Waals surface area contributed by atoms with E-state index < -0.39 is 5.97 Å². The Labute approximate surface area is 196 Å². The predicted molar refractivity (Wildman–Crippen MR) is 130 cm³/mol. The molecule has 166 valence electrons. The predicted octanol–water partition coefficient (Wildman–Crippen LogP) is 4.70. The Hall–Kier alpha value is -2.97. The molecule has 9 heteroatoms. The number of anilines is 2. The monoisotopic (exact) mass is 470 g/mol. The lowest BCUT2D eigenvalue weighted by molar-refractivity contribution is 0.0600. The number of fused-ring (bicyclic) bond motifs is 1. The molecule has 1 aliphatic heterocycles. The average molecular weight is 471 g/mol. The molecule has 0 spiro atoms. The van der Waals surface area contributed by atoms with Gasteiger partial charge in [0, 0.05) is 41.4 Å². The molecule has 0 radical (unpaired) electrons. The van der Waals surface area contributed by atoms with E-state index in [2.05, 4.69) is 28.0 Å². The molecule has 1 saturated heterocycles. The summed E-state index contributed by atoms with van der Waals surface area (Å²) in [6.45, 7) is 1.61. The highest BCUT2D eigenvalue weighted by Crippen LogP contribution is 2.29. The number of carbonyl (C=O) groups excluding carboxylic acids is 2. The number of rotatable bonds is 4. The fourth-order valence-corrected chi connectivity index (χ4v) is 4.23. The molecule has 1 fully saturated rings. The van der Waals surface area contributed by atoms with E-state index in [0.717, 1.165) is 42.5 Å². The largest absolute Gasteiger partial charge is 0.465 e. The molecule has 1 aliphatic rings. The Morgan fingerprint density at radius 2 is 1.97 bits per heavy atom. The number of carbonyl (C=O) groups is 2. The van der Waals surface area contributed by atoms with Crippen LogP contribution in [-0.2, 0) is 4.74 Å². The number of pyridine rings is 1. The van der Waals surface area contributed by atoms with Crippen LogP contribution in [0, 0.1) is 0 Å². The van der Waals surface area contributed by atoms with Crippen LogP contribution in [0.1, 0.15) is 23.2 Å². The Morgan fingerprint density at radius 1 is 1.19 bits per heavy atom. The first-order valence-electron chi connectivity index (χ1n) is 10.2. The Morgan fingerprint density at radius 3 is 2.72 bits per heavy atom. The molecule has 0 aliphatic carbocycles. The van der Waals surface area contributed by atoms with Gasteiger partial charge < -0.3 is 15.0 Å². The van der Waals surface area contributed by atoms with Crippen LogP contribution in [0.5, 0.6) is 0 Å². The van der Waals surface area contributed by atoms with Crippen molar-refractivity contribution in [2.75, 3.05) is 29.4 Å². The number of ether oxygens (including phenoxy) is 1. The van der Waals surface area contributed by atoms with Crippen LogP contribution < -0.4 is 14.5 Å². The van der Waals surface area contributed by atoms with E-state index in [4.69, 9.17) is 16.3 Å². The van der Waals surface area contributed by atoms with Gasteiger partial charge in [-0.15, -0.1) is 0 Å². The first-order valence-corrected chi connectivity index (χ1v) is 11.0. The number of aromatic nitrogens is 1. The smallest absolute Gasteiger partial charge is 0.337 e. The molecule has 1 N–H and O–H groups in total. The lowest BCUT2D eigenvalue weighted by Crippen LogP contribution is -2.47. The minimum absolute atomic E-state index is 0.0275. The zero-order chi connectivity index (χ0) is 22.7. The first kappa shape index (κ1) is 22.2. The third-order valence-electron chi connectivity index (χ3n) is 5.55. The summed E-state index contributed by atoms with van der Waals surface area (Å²) in [5.41, 5.74) is 2.83. The molecule has 4 rings (SSSR count). The van der Waals surface area contributed by atoms with Gasteiger partial charge in [-0.25, -0.2) is 13.9 Å². The number of benzene rings is 2. The van der Waals surface area contributed by atoms with Crippen molar-refractivity contribution in [1.29, 1.82) is 0 Å². The number of urea groups is 1. The van der Waals surface area contributed by atoms with Crippen molar-refractivity contribution in [2.45, 2.75) is 18.9 Å². The lowest BCUT2D eigenvalue weighted by Gasteiger charge is -2.35. The summed E-state index contributed by atoms with van der Waals surface area (Å²) >= 11 is 10.4. The lowest BCUT2D eigenvalue weighted by atomic mass is 10.0. The summed E-state index contributed by atoms with van der Waals surface area (Å²) in [5, 5.41) is 4.76. The number of thiol groups is 1. The summed E-state index contributed by atoms with van der Waals surface area (Å²) in [4.78, 5) is 31.2. The Kier molecular flexibility index (Phi) is 6.72. The van der Waals surface area contributed by atoms with E-state index in [-0.39, 0.29) is 12.1 Å². The molecule has 7 nitrogen and oxygen atoms in total. The standard InChI is InChI=1S/C23H23ClN4O3S/c1-31-22(29)15-3-2-4-18(13-15)28(32)23(30)26-17-8-11-27(12-9-17)21-7-10-25-20-14-16(24)5-6-19(20)21/h2-7,10,13-14,17,32H,8-9,11-12H2,1H3,(H,26,30). The van der Waals surface area contributed by atoms with E-state index in [1.54, 1.807) is 30.5 Å². The third kappa shape index (κ3) is 4.76. The maximum absolute atomic E-state index is 12.7. The topological polar surface area (TPSA) is 74.8 Å². The normalized spacial score (nSPS) is 14.3. The van der Waals surface area contributed by atoms with E-state index in [9.17, 15) is 9.59 Å². The number of piperidine rings is 1. The number of amides is 2. The molecule has 0 saturated carbocycles. The minimum Gasteiger partial charge on any atom is -0.465 e. The van der Waals surface area contributed by atoms with Gasteiger partial charge in [0.15, 0.2) is 0 Å². The van der Waals surface area contributed by atoms with E-state index in [1.807, 2.05) is 24.3 Å². The number of nitrogens with one attached hydrogen (secondary N) is 1. The zero-order valence-corrected chi connectivity index (χ0v) is 19.1. The summed E-state index contributed by atoms with van der Waals surface area (Å²) in [7, 11) is 1.32. The molecule has 0 bridgehead atoms. The van der Waals surface area contributed by atoms with Crippen LogP contribution in [0.4, 0.5) is 16.2 Å². The van der Waals surface area contributed by atoms with Crippen molar-refractivity contribution in [1.82, 2.24) is 10.3 Å². The van der Waals surface area contributed by atoms with Crippen molar-refractivity contribution >= 4 is 58.7 Å². The molecule has 3 aromatic rings. The van der Waals surface area contributed by atoms with Gasteiger partial charge in [-0.3, -0.25) is 4.98 Å². The summed E-state index contributed by atoms with van der Waals surface area (Å²) in [6.07, 6.45) is 3.39. The van der Waals surface area contributed by atoms with Gasteiger partial charge in [0.05, 0.1) is 23.9 Å². The van der Waals surface area contributed by atoms with E-state index in [1.165, 1.54) is 11.4 Å². The number of esters is 1. The highest BCUT2D eigenvalue weighted by atomic mass is 35.5. The maximum Gasteiger partial charge on any atom is 0.337 e. The average Bonchev–Trinajstić information content (AvgIpc) is 2.83. The van der Waals surface area contributed by atoms with Crippen molar-refractivity contribution in [3.05, 3.63) is 65.3 Å². The van der Waals surface area contributed by atoms with E-state index in [0.29, 0.717) is 16.3 Å². The molecule has 2 heterocycles. The molecule has 0 unspecified atom stereocenters.